The van der Waals surface area contributed by atoms with Crippen LogP contribution in [0.15, 0.2) is 0 Å². The van der Waals surface area contributed by atoms with Crippen LogP contribution in [-0.2, 0) is 0 Å². The van der Waals surface area contributed by atoms with E-state index in [1.807, 2.05) is 0 Å². The number of hydrogen-bond donors (Lipinski definition) is 2. The normalized spacial score (nSPS) is 9.11. The molecule has 0 rings (SSSR count). The zero-order chi connectivity index (χ0) is 7.11. The standard InChI is InChI=1S/C6H12FN2/c1-9-6(8)4-2-3-5-7/h4H,2-3,5H2,1H3,(H2,8,9). The number of amidine groups is 1. The molecule has 0 atom stereocenters. The molecule has 0 bridgehead atoms. The predicted molar refractivity (Wildman–Crippen MR) is 36.3 cm³/mol. The number of alkyl halides is 1. The highest BCUT2D eigenvalue weighted by molar-refractivity contribution is 5.86. The van der Waals surface area contributed by atoms with Crippen LogP contribution in [0.1, 0.15) is 12.8 Å². The fourth-order valence-electron chi connectivity index (χ4n) is 0.426. The predicted octanol–water partition coefficient (Wildman–Crippen LogP) is 1.14. The van der Waals surface area contributed by atoms with Crippen molar-refractivity contribution in [2.45, 2.75) is 12.8 Å². The van der Waals surface area contributed by atoms with Gasteiger partial charge in [0.2, 0.25) is 0 Å². The molecule has 53 valence electrons. The molecule has 0 amide bonds. The quantitative estimate of drug-likeness (QED) is 0.335. The smallest absolute Gasteiger partial charge is 0.0968 e. The van der Waals surface area contributed by atoms with E-state index >= 15 is 0 Å². The SMILES string of the molecule is CNC(=N)[CH]CCCF. The van der Waals surface area contributed by atoms with Crippen LogP contribution in [0.4, 0.5) is 4.39 Å². The summed E-state index contributed by atoms with van der Waals surface area (Å²) in [6, 6.07) is 0. The molecule has 0 aliphatic rings. The Morgan fingerprint density at radius 1 is 1.78 bits per heavy atom. The van der Waals surface area contributed by atoms with E-state index in [9.17, 15) is 4.39 Å². The van der Waals surface area contributed by atoms with E-state index in [4.69, 9.17) is 5.41 Å². The minimum absolute atomic E-state index is 0.298. The lowest BCUT2D eigenvalue weighted by Crippen LogP contribution is -2.16. The molecule has 0 aliphatic heterocycles. The second-order valence-corrected chi connectivity index (χ2v) is 1.70. The van der Waals surface area contributed by atoms with Gasteiger partial charge in [0.25, 0.3) is 0 Å². The molecule has 0 aliphatic carbocycles. The third-order valence-corrected chi connectivity index (χ3v) is 0.956. The van der Waals surface area contributed by atoms with E-state index in [1.165, 1.54) is 0 Å². The van der Waals surface area contributed by atoms with Crippen molar-refractivity contribution < 1.29 is 4.39 Å². The Labute approximate surface area is 55.0 Å². The number of halogens is 1. The maximum Gasteiger partial charge on any atom is 0.0968 e. The van der Waals surface area contributed by atoms with Crippen LogP contribution >= 0.6 is 0 Å². The highest BCUT2D eigenvalue weighted by atomic mass is 19.1. The average molecular weight is 131 g/mol. The van der Waals surface area contributed by atoms with E-state index in [-0.39, 0.29) is 6.67 Å². The van der Waals surface area contributed by atoms with Gasteiger partial charge in [-0.1, -0.05) is 0 Å². The molecule has 0 saturated heterocycles. The zero-order valence-corrected chi connectivity index (χ0v) is 5.58. The van der Waals surface area contributed by atoms with Crippen LogP contribution < -0.4 is 5.32 Å². The van der Waals surface area contributed by atoms with Crippen molar-refractivity contribution in [2.24, 2.45) is 0 Å². The van der Waals surface area contributed by atoms with Crippen LogP contribution in [0.3, 0.4) is 0 Å². The second kappa shape index (κ2) is 5.54. The van der Waals surface area contributed by atoms with E-state index in [1.54, 1.807) is 13.5 Å². The lowest BCUT2D eigenvalue weighted by Gasteiger charge is -1.98. The molecule has 0 heterocycles. The molecule has 2 nitrogen and oxygen atoms in total. The first kappa shape index (κ1) is 8.40. The van der Waals surface area contributed by atoms with E-state index in [0.29, 0.717) is 18.7 Å². The third kappa shape index (κ3) is 5.27. The second-order valence-electron chi connectivity index (χ2n) is 1.70. The highest BCUT2D eigenvalue weighted by Gasteiger charge is 1.91. The molecule has 9 heavy (non-hydrogen) atoms. The zero-order valence-electron chi connectivity index (χ0n) is 5.58. The van der Waals surface area contributed by atoms with Crippen LogP contribution in [0.25, 0.3) is 0 Å². The van der Waals surface area contributed by atoms with Gasteiger partial charge in [-0.3, -0.25) is 9.80 Å². The monoisotopic (exact) mass is 131 g/mol. The summed E-state index contributed by atoms with van der Waals surface area (Å²) in [6.07, 6.45) is 2.83. The summed E-state index contributed by atoms with van der Waals surface area (Å²) in [5.74, 6) is 0.364. The van der Waals surface area contributed by atoms with Gasteiger partial charge in [0.05, 0.1) is 12.5 Å². The van der Waals surface area contributed by atoms with Crippen molar-refractivity contribution >= 4 is 5.84 Å². The molecule has 3 heteroatoms. The molecule has 1 radical (unpaired) electrons. The minimum Gasteiger partial charge on any atom is -0.377 e. The molecule has 0 spiro atoms. The number of unbranched alkanes of at least 4 members (excludes halogenated alkanes) is 1. The van der Waals surface area contributed by atoms with Crippen LogP contribution in [-0.4, -0.2) is 19.6 Å². The summed E-state index contributed by atoms with van der Waals surface area (Å²) < 4.78 is 11.4. The van der Waals surface area contributed by atoms with Crippen molar-refractivity contribution in [1.29, 1.82) is 5.41 Å². The number of rotatable bonds is 4. The van der Waals surface area contributed by atoms with Crippen molar-refractivity contribution in [2.75, 3.05) is 13.7 Å². The molecule has 0 fully saturated rings. The summed E-state index contributed by atoms with van der Waals surface area (Å²) in [7, 11) is 1.67. The summed E-state index contributed by atoms with van der Waals surface area (Å²) in [5.41, 5.74) is 0. The van der Waals surface area contributed by atoms with Crippen molar-refractivity contribution in [3.8, 4) is 0 Å². The third-order valence-electron chi connectivity index (χ3n) is 0.956. The Morgan fingerprint density at radius 3 is 2.89 bits per heavy atom. The minimum atomic E-state index is -0.298. The molecule has 0 aromatic heterocycles. The Balaban J connectivity index is 2.97. The molecular weight excluding hydrogens is 119 g/mol. The molecular formula is C6H12FN2. The Hall–Kier alpha value is -0.600. The first-order valence-electron chi connectivity index (χ1n) is 2.96. The van der Waals surface area contributed by atoms with Gasteiger partial charge < -0.3 is 5.32 Å². The van der Waals surface area contributed by atoms with Crippen LogP contribution in [0, 0.1) is 11.8 Å². The summed E-state index contributed by atoms with van der Waals surface area (Å²) in [4.78, 5) is 0. The average Bonchev–Trinajstić information content (AvgIpc) is 1.89. The van der Waals surface area contributed by atoms with Gasteiger partial charge in [0.15, 0.2) is 0 Å². The molecule has 0 aromatic rings. The molecule has 0 saturated carbocycles. The Morgan fingerprint density at radius 2 is 2.44 bits per heavy atom. The van der Waals surface area contributed by atoms with Gasteiger partial charge in [-0.25, -0.2) is 0 Å². The van der Waals surface area contributed by atoms with E-state index in [2.05, 4.69) is 5.32 Å². The fraction of sp³-hybridized carbons (Fsp3) is 0.667. The fourth-order valence-corrected chi connectivity index (χ4v) is 0.426. The van der Waals surface area contributed by atoms with Gasteiger partial charge >= 0.3 is 0 Å². The Kier molecular flexibility index (Phi) is 5.17. The first-order valence-corrected chi connectivity index (χ1v) is 2.96. The Bertz CT molecular complexity index is 83.1. The van der Waals surface area contributed by atoms with Crippen LogP contribution in [0.5, 0.6) is 0 Å². The van der Waals surface area contributed by atoms with Crippen molar-refractivity contribution in [3.05, 3.63) is 6.42 Å². The van der Waals surface area contributed by atoms with Crippen molar-refractivity contribution in [3.63, 3.8) is 0 Å². The summed E-state index contributed by atoms with van der Waals surface area (Å²) in [6.45, 7) is -0.298. The maximum absolute atomic E-state index is 11.4. The van der Waals surface area contributed by atoms with Gasteiger partial charge in [-0.2, -0.15) is 0 Å². The number of hydrogen-bond acceptors (Lipinski definition) is 1. The summed E-state index contributed by atoms with van der Waals surface area (Å²) >= 11 is 0. The molecule has 0 unspecified atom stereocenters. The highest BCUT2D eigenvalue weighted by Crippen LogP contribution is 1.93. The topological polar surface area (TPSA) is 35.9 Å². The molecule has 2 N–H and O–H groups in total. The lowest BCUT2D eigenvalue weighted by molar-refractivity contribution is 0.473. The maximum atomic E-state index is 11.4. The van der Waals surface area contributed by atoms with E-state index in [0.717, 1.165) is 0 Å². The van der Waals surface area contributed by atoms with Crippen molar-refractivity contribution in [1.82, 2.24) is 5.32 Å². The summed E-state index contributed by atoms with van der Waals surface area (Å²) in [5, 5.41) is 9.66. The first-order chi connectivity index (χ1) is 4.31. The molecule has 0 aromatic carbocycles. The largest absolute Gasteiger partial charge is 0.377 e. The van der Waals surface area contributed by atoms with E-state index < -0.39 is 0 Å². The van der Waals surface area contributed by atoms with Crippen LogP contribution in [0.2, 0.25) is 0 Å². The lowest BCUT2D eigenvalue weighted by atomic mass is 10.2. The van der Waals surface area contributed by atoms with Gasteiger partial charge in [0.1, 0.15) is 0 Å². The van der Waals surface area contributed by atoms with Gasteiger partial charge in [0, 0.05) is 13.5 Å². The van der Waals surface area contributed by atoms with Gasteiger partial charge in [-0.15, -0.1) is 0 Å². The van der Waals surface area contributed by atoms with Gasteiger partial charge in [-0.05, 0) is 12.8 Å². The number of nitrogens with one attached hydrogen (secondary N) is 2.